The highest BCUT2D eigenvalue weighted by Gasteiger charge is 2.31. The first kappa shape index (κ1) is 26.8. The van der Waals surface area contributed by atoms with E-state index in [1.54, 1.807) is 6.07 Å². The molecule has 2 atom stereocenters. The number of aromatic nitrogens is 2. The van der Waals surface area contributed by atoms with Gasteiger partial charge in [0.15, 0.2) is 6.61 Å². The van der Waals surface area contributed by atoms with Gasteiger partial charge >= 0.3 is 0 Å². The van der Waals surface area contributed by atoms with E-state index in [0.717, 1.165) is 21.9 Å². The normalized spacial score (nSPS) is 17.0. The Hall–Kier alpha value is -4.40. The summed E-state index contributed by atoms with van der Waals surface area (Å²) in [6, 6.07) is 29.4. The minimum absolute atomic E-state index is 0.0224. The van der Waals surface area contributed by atoms with Crippen molar-refractivity contribution in [2.45, 2.75) is 31.7 Å². The van der Waals surface area contributed by atoms with Crippen molar-refractivity contribution in [3.8, 4) is 17.1 Å². The van der Waals surface area contributed by atoms with E-state index < -0.39 is 6.09 Å². The van der Waals surface area contributed by atoms with Crippen LogP contribution in [0.3, 0.4) is 0 Å². The van der Waals surface area contributed by atoms with Gasteiger partial charge in [0, 0.05) is 24.6 Å². The molecule has 2 unspecified atom stereocenters. The van der Waals surface area contributed by atoms with Crippen molar-refractivity contribution in [3.63, 3.8) is 0 Å². The monoisotopic (exact) mass is 568 g/mol. The first-order valence-electron chi connectivity index (χ1n) is 13.4. The van der Waals surface area contributed by atoms with Crippen molar-refractivity contribution < 1.29 is 23.9 Å². The number of piperidine rings is 1. The molecule has 0 radical (unpaired) electrons. The fourth-order valence-corrected chi connectivity index (χ4v) is 5.41. The molecule has 1 amide bonds. The number of carboxylic acid groups (broad SMARTS) is 1. The minimum Gasteiger partial charge on any atom is -0.530 e. The predicted molar refractivity (Wildman–Crippen MR) is 152 cm³/mol. The van der Waals surface area contributed by atoms with E-state index in [2.05, 4.69) is 34.4 Å². The topological polar surface area (TPSA) is 101 Å². The zero-order chi connectivity index (χ0) is 28.2. The van der Waals surface area contributed by atoms with E-state index in [-0.39, 0.29) is 25.2 Å². The van der Waals surface area contributed by atoms with Crippen LogP contribution in [0, 0.1) is 0 Å². The summed E-state index contributed by atoms with van der Waals surface area (Å²) >= 11 is 6.23. The average Bonchev–Trinajstić information content (AvgIpc) is 3.48. The van der Waals surface area contributed by atoms with Gasteiger partial charge in [0.25, 0.3) is 5.89 Å². The van der Waals surface area contributed by atoms with Gasteiger partial charge in [0.1, 0.15) is 11.8 Å². The lowest BCUT2D eigenvalue weighted by molar-refractivity contribution is -0.268. The Morgan fingerprint density at radius 2 is 1.76 bits per heavy atom. The van der Waals surface area contributed by atoms with Gasteiger partial charge in [-0.25, -0.2) is 0 Å². The van der Waals surface area contributed by atoms with E-state index in [4.69, 9.17) is 25.6 Å². The molecule has 1 aliphatic rings. The van der Waals surface area contributed by atoms with Gasteiger partial charge in [-0.05, 0) is 58.7 Å². The summed E-state index contributed by atoms with van der Waals surface area (Å²) in [6.07, 6.45) is -0.865. The number of fused-ring (bicyclic) bond motifs is 1. The third kappa shape index (κ3) is 6.19. The summed E-state index contributed by atoms with van der Waals surface area (Å²) < 4.78 is 17.5. The van der Waals surface area contributed by atoms with Crippen LogP contribution in [-0.4, -0.2) is 40.3 Å². The smallest absolute Gasteiger partial charge is 0.264 e. The predicted octanol–water partition coefficient (Wildman–Crippen LogP) is 5.84. The molecular weight excluding hydrogens is 542 g/mol. The molecule has 208 valence electrons. The van der Waals surface area contributed by atoms with Gasteiger partial charge in [-0.3, -0.25) is 0 Å². The lowest BCUT2D eigenvalue weighted by Crippen LogP contribution is -2.51. The fourth-order valence-electron chi connectivity index (χ4n) is 5.19. The van der Waals surface area contributed by atoms with E-state index in [9.17, 15) is 9.90 Å². The van der Waals surface area contributed by atoms with Crippen molar-refractivity contribution in [2.75, 3.05) is 13.1 Å². The number of halogens is 1. The highest BCUT2D eigenvalue weighted by Crippen LogP contribution is 2.32. The van der Waals surface area contributed by atoms with Gasteiger partial charge in [0.05, 0.1) is 17.7 Å². The number of amides is 1. The summed E-state index contributed by atoms with van der Waals surface area (Å²) in [6.45, 7) is 1.14. The number of rotatable bonds is 8. The van der Waals surface area contributed by atoms with Crippen LogP contribution in [0.25, 0.3) is 22.2 Å². The molecular formula is C32H27ClN3O5-. The maximum absolute atomic E-state index is 11.6. The summed E-state index contributed by atoms with van der Waals surface area (Å²) in [5, 5.41) is 18.5. The average molecular weight is 569 g/mol. The quantitative estimate of drug-likeness (QED) is 0.232. The zero-order valence-electron chi connectivity index (χ0n) is 22.1. The molecule has 2 heterocycles. The Labute approximate surface area is 242 Å². The third-order valence-corrected chi connectivity index (χ3v) is 7.68. The van der Waals surface area contributed by atoms with Crippen LogP contribution < -0.4 is 9.84 Å². The molecule has 4 aromatic carbocycles. The second-order valence-electron chi connectivity index (χ2n) is 9.99. The molecule has 1 aliphatic heterocycles. The summed E-state index contributed by atoms with van der Waals surface area (Å²) in [5.74, 6) is 1.41. The number of likely N-dealkylation sites (tertiary alicyclic amines) is 1. The molecule has 0 saturated carbocycles. The minimum atomic E-state index is -1.18. The molecule has 1 fully saturated rings. The van der Waals surface area contributed by atoms with E-state index in [1.165, 1.54) is 4.90 Å². The number of ether oxygens (including phenoxy) is 2. The van der Waals surface area contributed by atoms with Crippen molar-refractivity contribution in [1.29, 1.82) is 0 Å². The first-order chi connectivity index (χ1) is 20.0. The van der Waals surface area contributed by atoms with Crippen LogP contribution >= 0.6 is 11.6 Å². The maximum atomic E-state index is 11.6. The Morgan fingerprint density at radius 3 is 2.56 bits per heavy atom. The molecule has 0 N–H and O–H groups in total. The molecule has 0 spiro atoms. The second kappa shape index (κ2) is 12.0. The summed E-state index contributed by atoms with van der Waals surface area (Å²) in [7, 11) is 0. The third-order valence-electron chi connectivity index (χ3n) is 7.35. The molecule has 6 rings (SSSR count). The van der Waals surface area contributed by atoms with Crippen LogP contribution in [-0.2, 0) is 18.0 Å². The number of hydrogen-bond donors (Lipinski definition) is 0. The van der Waals surface area contributed by atoms with Gasteiger partial charge in [-0.1, -0.05) is 77.4 Å². The van der Waals surface area contributed by atoms with Crippen molar-refractivity contribution in [3.05, 3.63) is 113 Å². The molecule has 1 saturated heterocycles. The van der Waals surface area contributed by atoms with Crippen molar-refractivity contribution in [2.24, 2.45) is 0 Å². The number of hydrogen-bond acceptors (Lipinski definition) is 7. The lowest BCUT2D eigenvalue weighted by Gasteiger charge is -2.40. The largest absolute Gasteiger partial charge is 0.530 e. The van der Waals surface area contributed by atoms with Crippen molar-refractivity contribution in [1.82, 2.24) is 15.0 Å². The molecule has 0 aliphatic carbocycles. The Bertz CT molecular complexity index is 1660. The molecule has 0 bridgehead atoms. The van der Waals surface area contributed by atoms with E-state index in [1.807, 2.05) is 60.7 Å². The second-order valence-corrected chi connectivity index (χ2v) is 10.4. The first-order valence-corrected chi connectivity index (χ1v) is 13.8. The lowest BCUT2D eigenvalue weighted by atomic mass is 9.87. The molecule has 9 heteroatoms. The summed E-state index contributed by atoms with van der Waals surface area (Å²) in [5.41, 5.74) is 2.78. The molecule has 41 heavy (non-hydrogen) atoms. The Balaban J connectivity index is 1.11. The Morgan fingerprint density at radius 1 is 0.976 bits per heavy atom. The van der Waals surface area contributed by atoms with Crippen molar-refractivity contribution >= 4 is 28.5 Å². The zero-order valence-corrected chi connectivity index (χ0v) is 22.9. The number of carbonyl (C=O) groups is 1. The number of carbonyl (C=O) groups excluding carboxylic acids is 1. The Kier molecular flexibility index (Phi) is 7.84. The van der Waals surface area contributed by atoms with Crippen LogP contribution in [0.1, 0.15) is 29.4 Å². The van der Waals surface area contributed by atoms with Gasteiger partial charge in [-0.2, -0.15) is 4.98 Å². The van der Waals surface area contributed by atoms with Gasteiger partial charge < -0.3 is 28.8 Å². The number of benzene rings is 4. The highest BCUT2D eigenvalue weighted by molar-refractivity contribution is 6.33. The van der Waals surface area contributed by atoms with Gasteiger partial charge in [0.2, 0.25) is 5.82 Å². The molecule has 1 aromatic heterocycles. The van der Waals surface area contributed by atoms with Crippen LogP contribution in [0.4, 0.5) is 4.79 Å². The van der Waals surface area contributed by atoms with Crippen LogP contribution in [0.15, 0.2) is 95.5 Å². The molecule has 8 nitrogen and oxygen atoms in total. The van der Waals surface area contributed by atoms with Crippen LogP contribution in [0.2, 0.25) is 5.02 Å². The maximum Gasteiger partial charge on any atom is 0.264 e. The standard InChI is InChI=1S/C32H28ClN3O5/c33-28-8-4-3-7-27(28)31-34-30(41-35-31)20-39-25-13-11-23(12-14-25)26-15-16-36(32(37)38)18-29(26)40-19-21-9-10-22-5-1-2-6-24(22)17-21/h1-14,17,26,29H,15-16,18-20H2,(H,37,38)/p-1. The number of nitrogens with zero attached hydrogens (tertiary/aromatic N) is 3. The van der Waals surface area contributed by atoms with Crippen LogP contribution in [0.5, 0.6) is 5.75 Å². The SMILES string of the molecule is O=C([O-])N1CCC(c2ccc(OCc3nc(-c4ccccc4Cl)no3)cc2)C(OCc2ccc3ccccc3c2)C1. The van der Waals surface area contributed by atoms with Gasteiger partial charge in [-0.15, -0.1) is 0 Å². The van der Waals surface area contributed by atoms with E-state index >= 15 is 0 Å². The molecule has 5 aromatic rings. The fraction of sp³-hybridized carbons (Fsp3) is 0.219. The van der Waals surface area contributed by atoms with E-state index in [0.29, 0.717) is 47.6 Å². The highest BCUT2D eigenvalue weighted by atomic mass is 35.5. The summed E-state index contributed by atoms with van der Waals surface area (Å²) in [4.78, 5) is 17.3.